The number of hydrogen-bond acceptors (Lipinski definition) is 7. The molecule has 0 spiro atoms. The second-order valence-electron chi connectivity index (χ2n) is 9.94. The van der Waals surface area contributed by atoms with Gasteiger partial charge in [0.05, 0.1) is 37.8 Å². The van der Waals surface area contributed by atoms with Crippen molar-refractivity contribution in [2.75, 3.05) is 26.5 Å². The minimum absolute atomic E-state index is 0.0555. The van der Waals surface area contributed by atoms with Crippen LogP contribution in [0.5, 0.6) is 0 Å². The fraction of sp³-hybridized carbons (Fsp3) is 0.542. The van der Waals surface area contributed by atoms with Crippen molar-refractivity contribution in [1.29, 1.82) is 0 Å². The first-order valence-corrected chi connectivity index (χ1v) is 13.6. The van der Waals surface area contributed by atoms with Crippen molar-refractivity contribution in [2.24, 2.45) is 5.41 Å². The topological polar surface area (TPSA) is 142 Å². The monoisotopic (exact) mass is 520 g/mol. The van der Waals surface area contributed by atoms with Gasteiger partial charge >= 0.3 is 6.09 Å². The number of carbonyl (C=O) groups excluding carboxylic acids is 1. The highest BCUT2D eigenvalue weighted by Crippen LogP contribution is 2.44. The Kier molecular flexibility index (Phi) is 7.39. The first-order chi connectivity index (χ1) is 17.0. The van der Waals surface area contributed by atoms with Gasteiger partial charge in [-0.2, -0.15) is 13.5 Å². The van der Waals surface area contributed by atoms with Crippen molar-refractivity contribution in [3.8, 4) is 0 Å². The van der Waals surface area contributed by atoms with Crippen molar-refractivity contribution in [2.45, 2.75) is 51.5 Å². The SMILES string of the molecule is C[C@@H]1Cc2n[nH]c(C(=O)N(C)CC3(COS(C)(=O)=O)CC(OCc4ccccc4)C3)c2CN1C(=O)O. The maximum atomic E-state index is 13.3. The molecule has 1 saturated carbocycles. The number of fused-ring (bicyclic) bond motifs is 1. The van der Waals surface area contributed by atoms with E-state index in [9.17, 15) is 23.1 Å². The molecule has 2 heterocycles. The lowest BCUT2D eigenvalue weighted by molar-refractivity contribution is -0.110. The summed E-state index contributed by atoms with van der Waals surface area (Å²) < 4.78 is 34.5. The van der Waals surface area contributed by atoms with E-state index in [2.05, 4.69) is 10.2 Å². The highest BCUT2D eigenvalue weighted by Gasteiger charge is 2.47. The van der Waals surface area contributed by atoms with E-state index < -0.39 is 21.6 Å². The molecule has 1 aromatic carbocycles. The molecule has 2 N–H and O–H groups in total. The minimum atomic E-state index is -3.66. The molecule has 11 nitrogen and oxygen atoms in total. The highest BCUT2D eigenvalue weighted by molar-refractivity contribution is 7.85. The summed E-state index contributed by atoms with van der Waals surface area (Å²) in [6, 6.07) is 9.52. The number of aromatic nitrogens is 2. The van der Waals surface area contributed by atoms with Crippen LogP contribution in [0.25, 0.3) is 0 Å². The fourth-order valence-electron chi connectivity index (χ4n) is 4.99. The van der Waals surface area contributed by atoms with Gasteiger partial charge in [-0.05, 0) is 25.3 Å². The van der Waals surface area contributed by atoms with Crippen LogP contribution in [-0.2, 0) is 38.6 Å². The molecule has 0 radical (unpaired) electrons. The molecule has 1 aliphatic heterocycles. The quantitative estimate of drug-likeness (QED) is 0.480. The molecule has 1 aromatic heterocycles. The third-order valence-corrected chi connectivity index (χ3v) is 7.46. The number of nitrogens with one attached hydrogen (secondary N) is 1. The van der Waals surface area contributed by atoms with Crippen LogP contribution in [0.2, 0.25) is 0 Å². The van der Waals surface area contributed by atoms with Gasteiger partial charge in [-0.25, -0.2) is 4.79 Å². The normalized spacial score (nSPS) is 23.6. The molecule has 1 atom stereocenters. The fourth-order valence-corrected chi connectivity index (χ4v) is 5.46. The summed E-state index contributed by atoms with van der Waals surface area (Å²) >= 11 is 0. The summed E-state index contributed by atoms with van der Waals surface area (Å²) in [7, 11) is -2.02. The van der Waals surface area contributed by atoms with Gasteiger partial charge in [0.1, 0.15) is 5.69 Å². The van der Waals surface area contributed by atoms with Gasteiger partial charge in [-0.1, -0.05) is 30.3 Å². The molecule has 1 fully saturated rings. The number of hydrogen-bond donors (Lipinski definition) is 2. The van der Waals surface area contributed by atoms with Gasteiger partial charge in [0.2, 0.25) is 0 Å². The number of amides is 2. The Hall–Kier alpha value is -2.96. The predicted molar refractivity (Wildman–Crippen MR) is 130 cm³/mol. The van der Waals surface area contributed by atoms with Crippen molar-refractivity contribution < 1.29 is 32.0 Å². The molecule has 196 valence electrons. The minimum Gasteiger partial charge on any atom is -0.465 e. The summed E-state index contributed by atoms with van der Waals surface area (Å²) in [4.78, 5) is 27.7. The molecule has 36 heavy (non-hydrogen) atoms. The van der Waals surface area contributed by atoms with Crippen molar-refractivity contribution in [3.05, 3.63) is 52.8 Å². The molecule has 0 saturated heterocycles. The van der Waals surface area contributed by atoms with Crippen LogP contribution in [0.1, 0.15) is 47.1 Å². The molecular formula is C24H32N4O7S. The summed E-state index contributed by atoms with van der Waals surface area (Å²) in [6.07, 6.45) is 1.37. The van der Waals surface area contributed by atoms with Crippen LogP contribution < -0.4 is 0 Å². The number of ether oxygens (including phenoxy) is 1. The molecule has 2 amide bonds. The Bertz CT molecular complexity index is 1210. The molecule has 4 rings (SSSR count). The number of rotatable bonds is 9. The largest absolute Gasteiger partial charge is 0.465 e. The standard InChI is InChI=1S/C24H32N4O7S/c1-16-9-20-19(12-28(16)23(30)31)21(26-25-20)22(29)27(2)14-24(15-35-36(3,32)33)10-18(11-24)34-13-17-7-5-4-6-8-17/h4-8,16,18H,9-15H2,1-3H3,(H,25,26)(H,30,31)/t16-,18?,24?/m1/s1. The summed E-state index contributed by atoms with van der Waals surface area (Å²) in [6.45, 7) is 2.52. The lowest BCUT2D eigenvalue weighted by Crippen LogP contribution is -2.53. The maximum absolute atomic E-state index is 13.3. The second kappa shape index (κ2) is 10.2. The van der Waals surface area contributed by atoms with E-state index in [-0.39, 0.29) is 43.4 Å². The molecular weight excluding hydrogens is 488 g/mol. The molecule has 2 aliphatic rings. The van der Waals surface area contributed by atoms with Crippen LogP contribution in [0.15, 0.2) is 30.3 Å². The third-order valence-electron chi connectivity index (χ3n) is 6.91. The molecule has 12 heteroatoms. The van der Waals surface area contributed by atoms with Crippen molar-refractivity contribution in [1.82, 2.24) is 20.0 Å². The van der Waals surface area contributed by atoms with E-state index >= 15 is 0 Å². The first kappa shape index (κ1) is 26.1. The Morgan fingerprint density at radius 2 is 1.97 bits per heavy atom. The zero-order valence-corrected chi connectivity index (χ0v) is 21.5. The van der Waals surface area contributed by atoms with Crippen LogP contribution in [-0.4, -0.2) is 84.1 Å². The van der Waals surface area contributed by atoms with E-state index in [1.165, 1.54) is 9.80 Å². The Labute approximate surface area is 210 Å². The van der Waals surface area contributed by atoms with Crippen molar-refractivity contribution >= 4 is 22.1 Å². The first-order valence-electron chi connectivity index (χ1n) is 11.8. The van der Waals surface area contributed by atoms with Gasteiger partial charge in [0, 0.05) is 37.0 Å². The van der Waals surface area contributed by atoms with Gasteiger partial charge in [0.25, 0.3) is 16.0 Å². The Morgan fingerprint density at radius 3 is 2.61 bits per heavy atom. The summed E-state index contributed by atoms with van der Waals surface area (Å²) in [5.41, 5.74) is 1.97. The Morgan fingerprint density at radius 1 is 1.28 bits per heavy atom. The highest BCUT2D eigenvalue weighted by atomic mass is 32.2. The van der Waals surface area contributed by atoms with Crippen LogP contribution in [0.4, 0.5) is 4.79 Å². The van der Waals surface area contributed by atoms with E-state index in [1.54, 1.807) is 14.0 Å². The number of H-pyrrole nitrogens is 1. The number of benzene rings is 1. The molecule has 1 aliphatic carbocycles. The molecule has 2 aromatic rings. The summed E-state index contributed by atoms with van der Waals surface area (Å²) in [5, 5.41) is 16.5. The lowest BCUT2D eigenvalue weighted by Gasteiger charge is -2.48. The van der Waals surface area contributed by atoms with E-state index in [0.717, 1.165) is 11.8 Å². The smallest absolute Gasteiger partial charge is 0.407 e. The Balaban J connectivity index is 1.44. The molecule has 0 bridgehead atoms. The van der Waals surface area contributed by atoms with Gasteiger partial charge < -0.3 is 19.6 Å². The van der Waals surface area contributed by atoms with Crippen LogP contribution in [0, 0.1) is 5.41 Å². The predicted octanol–water partition coefficient (Wildman–Crippen LogP) is 2.25. The van der Waals surface area contributed by atoms with E-state index in [0.29, 0.717) is 37.1 Å². The zero-order valence-electron chi connectivity index (χ0n) is 20.6. The average molecular weight is 521 g/mol. The van der Waals surface area contributed by atoms with Gasteiger partial charge in [0.15, 0.2) is 0 Å². The number of nitrogens with zero attached hydrogens (tertiary/aromatic N) is 3. The third kappa shape index (κ3) is 5.88. The number of carboxylic acid groups (broad SMARTS) is 1. The zero-order chi connectivity index (χ0) is 26.1. The van der Waals surface area contributed by atoms with E-state index in [4.69, 9.17) is 8.92 Å². The van der Waals surface area contributed by atoms with Crippen LogP contribution in [0.3, 0.4) is 0 Å². The average Bonchev–Trinajstić information content (AvgIpc) is 3.20. The van der Waals surface area contributed by atoms with Gasteiger partial charge in [-0.15, -0.1) is 0 Å². The second-order valence-corrected chi connectivity index (χ2v) is 11.6. The van der Waals surface area contributed by atoms with E-state index in [1.807, 2.05) is 30.3 Å². The number of carbonyl (C=O) groups is 2. The van der Waals surface area contributed by atoms with Gasteiger partial charge in [-0.3, -0.25) is 14.1 Å². The lowest BCUT2D eigenvalue weighted by atomic mass is 9.67. The van der Waals surface area contributed by atoms with Crippen molar-refractivity contribution in [3.63, 3.8) is 0 Å². The molecule has 0 unspecified atom stereocenters. The summed E-state index contributed by atoms with van der Waals surface area (Å²) in [5.74, 6) is -0.337. The number of aromatic amines is 1. The maximum Gasteiger partial charge on any atom is 0.407 e. The van der Waals surface area contributed by atoms with Crippen LogP contribution >= 0.6 is 0 Å².